The molecule has 0 saturated heterocycles. The van der Waals surface area contributed by atoms with Crippen LogP contribution in [0.5, 0.6) is 0 Å². The van der Waals surface area contributed by atoms with Crippen molar-refractivity contribution in [2.24, 2.45) is 23.2 Å². The third-order valence-electron chi connectivity index (χ3n) is 4.62. The van der Waals surface area contributed by atoms with Crippen LogP contribution in [-0.4, -0.2) is 15.7 Å². The minimum absolute atomic E-state index is 0.0255. The van der Waals surface area contributed by atoms with Gasteiger partial charge in [-0.2, -0.15) is 0 Å². The highest BCUT2D eigenvalue weighted by molar-refractivity contribution is 6.40. The third-order valence-corrected chi connectivity index (χ3v) is 4.62. The highest BCUT2D eigenvalue weighted by Crippen LogP contribution is 2.57. The summed E-state index contributed by atoms with van der Waals surface area (Å²) in [5, 5.41) is -0.539. The molecule has 3 atom stereocenters. The van der Waals surface area contributed by atoms with Crippen LogP contribution in [0.2, 0.25) is 5.21 Å². The molecule has 0 bridgehead atoms. The molecule has 0 aromatic rings. The molecule has 1 fully saturated rings. The fourth-order valence-corrected chi connectivity index (χ4v) is 3.36. The molecule has 0 aromatic carbocycles. The minimum atomic E-state index is -0.539. The van der Waals surface area contributed by atoms with Crippen LogP contribution < -0.4 is 0 Å². The van der Waals surface area contributed by atoms with Gasteiger partial charge in [-0.25, -0.2) is 0 Å². The predicted octanol–water partition coefficient (Wildman–Crippen LogP) is 3.95. The summed E-state index contributed by atoms with van der Waals surface area (Å²) in [5.41, 5.74) is -0.0255. The van der Waals surface area contributed by atoms with Crippen molar-refractivity contribution >= 4 is 15.7 Å². The van der Waals surface area contributed by atoms with Crippen molar-refractivity contribution in [1.29, 1.82) is 0 Å². The summed E-state index contributed by atoms with van der Waals surface area (Å²) in [5.74, 6) is 1.88. The Morgan fingerprint density at radius 1 is 1.12 bits per heavy atom. The Bertz CT molecular complexity index is 225. The van der Waals surface area contributed by atoms with Crippen LogP contribution in [0.15, 0.2) is 0 Å². The van der Waals surface area contributed by atoms with Crippen molar-refractivity contribution in [2.45, 2.75) is 65.5 Å². The molecular weight excluding hydrogens is 190 g/mol. The summed E-state index contributed by atoms with van der Waals surface area (Å²) < 4.78 is 0. The largest absolute Gasteiger partial charge is 0.0911 e. The molecule has 0 N–H and O–H groups in total. The lowest BCUT2D eigenvalue weighted by Crippen LogP contribution is -2.40. The summed E-state index contributed by atoms with van der Waals surface area (Å²) >= 11 is 0. The molecule has 2 heteroatoms. The first-order chi connectivity index (χ1) is 7.21. The smallest absolute Gasteiger partial charge is 0.0631 e. The molecule has 3 unspecified atom stereocenters. The van der Waals surface area contributed by atoms with Crippen molar-refractivity contribution in [1.82, 2.24) is 0 Å². The first-order valence-electron chi connectivity index (χ1n) is 6.79. The van der Waals surface area contributed by atoms with E-state index in [-0.39, 0.29) is 5.41 Å². The maximum absolute atomic E-state index is 6.49. The zero-order chi connectivity index (χ0) is 12.6. The predicted molar refractivity (Wildman–Crippen MR) is 73.9 cm³/mol. The van der Waals surface area contributed by atoms with Gasteiger partial charge in [-0.15, -0.1) is 0 Å². The van der Waals surface area contributed by atoms with Crippen molar-refractivity contribution in [3.63, 3.8) is 0 Å². The summed E-state index contributed by atoms with van der Waals surface area (Å²) in [6.07, 6.45) is 5.13. The van der Waals surface area contributed by atoms with E-state index in [1.54, 1.807) is 0 Å². The van der Waals surface area contributed by atoms with Gasteiger partial charge in [-0.05, 0) is 29.6 Å². The van der Waals surface area contributed by atoms with E-state index in [9.17, 15) is 0 Å². The monoisotopic (exact) mass is 216 g/mol. The molecular formula is C14H26B2. The van der Waals surface area contributed by atoms with Gasteiger partial charge < -0.3 is 0 Å². The Labute approximate surface area is 105 Å². The number of rotatable bonds is 3. The Kier molecular flexibility index (Phi) is 4.24. The Hall–Kier alpha value is 0.130. The zero-order valence-electron chi connectivity index (χ0n) is 11.7. The lowest BCUT2D eigenvalue weighted by Gasteiger charge is -2.49. The first kappa shape index (κ1) is 14.2. The van der Waals surface area contributed by atoms with E-state index in [0.29, 0.717) is 11.8 Å². The maximum Gasteiger partial charge on any atom is 0.0631 e. The Balaban J connectivity index is 2.90. The van der Waals surface area contributed by atoms with Crippen LogP contribution in [0.3, 0.4) is 0 Å². The van der Waals surface area contributed by atoms with Crippen LogP contribution in [0.4, 0.5) is 0 Å². The van der Waals surface area contributed by atoms with Crippen molar-refractivity contribution in [2.75, 3.05) is 0 Å². The summed E-state index contributed by atoms with van der Waals surface area (Å²) in [6.45, 7) is 11.1. The molecule has 0 aromatic heterocycles. The van der Waals surface area contributed by atoms with Gasteiger partial charge >= 0.3 is 0 Å². The molecule has 0 aliphatic heterocycles. The second-order valence-corrected chi connectivity index (χ2v) is 6.81. The van der Waals surface area contributed by atoms with Crippen molar-refractivity contribution in [3.8, 4) is 0 Å². The van der Waals surface area contributed by atoms with Gasteiger partial charge in [0.25, 0.3) is 0 Å². The number of hydrogen-bond acceptors (Lipinski definition) is 0. The summed E-state index contributed by atoms with van der Waals surface area (Å²) in [7, 11) is 13.0. The quantitative estimate of drug-likeness (QED) is 0.626. The first-order valence-corrected chi connectivity index (χ1v) is 6.79. The molecule has 0 spiro atoms. The molecule has 1 saturated carbocycles. The Morgan fingerprint density at radius 3 is 2.12 bits per heavy atom. The maximum atomic E-state index is 6.49. The van der Waals surface area contributed by atoms with E-state index in [4.69, 9.17) is 15.7 Å². The number of hydrogen-bond donors (Lipinski definition) is 0. The SMILES string of the molecule is [B]C([B])(C1C(C)CCC1CCC)C(C)(C)C. The average molecular weight is 216 g/mol. The van der Waals surface area contributed by atoms with Gasteiger partial charge in [0.05, 0.1) is 15.7 Å². The molecule has 88 valence electrons. The van der Waals surface area contributed by atoms with Crippen molar-refractivity contribution in [3.05, 3.63) is 0 Å². The molecule has 1 aliphatic rings. The molecule has 1 aliphatic carbocycles. The summed E-state index contributed by atoms with van der Waals surface area (Å²) in [4.78, 5) is 0. The lowest BCUT2D eigenvalue weighted by atomic mass is 9.36. The standard InChI is InChI=1S/C14H26B2/c1-6-7-11-9-8-10(2)12(11)14(15,16)13(3,4)5/h10-12H,6-9H2,1-5H3. The minimum Gasteiger partial charge on any atom is -0.0911 e. The average Bonchev–Trinajstić information content (AvgIpc) is 2.46. The van der Waals surface area contributed by atoms with Gasteiger partial charge in [-0.1, -0.05) is 59.1 Å². The Morgan fingerprint density at radius 2 is 1.69 bits per heavy atom. The highest BCUT2D eigenvalue weighted by Gasteiger charge is 2.46. The molecule has 1 rings (SSSR count). The van der Waals surface area contributed by atoms with E-state index < -0.39 is 5.21 Å². The van der Waals surface area contributed by atoms with E-state index in [1.165, 1.54) is 25.7 Å². The molecule has 0 heterocycles. The molecule has 4 radical (unpaired) electrons. The fourth-order valence-electron chi connectivity index (χ4n) is 3.36. The van der Waals surface area contributed by atoms with Gasteiger partial charge in [0.15, 0.2) is 0 Å². The van der Waals surface area contributed by atoms with Crippen LogP contribution >= 0.6 is 0 Å². The molecule has 0 amide bonds. The topological polar surface area (TPSA) is 0 Å². The van der Waals surface area contributed by atoms with Crippen LogP contribution in [0.25, 0.3) is 0 Å². The van der Waals surface area contributed by atoms with E-state index in [0.717, 1.165) is 5.92 Å². The van der Waals surface area contributed by atoms with Crippen molar-refractivity contribution < 1.29 is 0 Å². The second kappa shape index (κ2) is 4.78. The molecule has 0 nitrogen and oxygen atoms in total. The normalized spacial score (nSPS) is 31.9. The fraction of sp³-hybridized carbons (Fsp3) is 1.00. The highest BCUT2D eigenvalue weighted by atomic mass is 14.5. The van der Waals surface area contributed by atoms with E-state index >= 15 is 0 Å². The molecule has 16 heavy (non-hydrogen) atoms. The van der Waals surface area contributed by atoms with Gasteiger partial charge in [-0.3, -0.25) is 0 Å². The van der Waals surface area contributed by atoms with Gasteiger partial charge in [0.1, 0.15) is 0 Å². The lowest BCUT2D eigenvalue weighted by molar-refractivity contribution is 0.177. The van der Waals surface area contributed by atoms with E-state index in [1.807, 2.05) is 0 Å². The van der Waals surface area contributed by atoms with Gasteiger partial charge in [0.2, 0.25) is 0 Å². The second-order valence-electron chi connectivity index (χ2n) is 6.81. The van der Waals surface area contributed by atoms with Crippen LogP contribution in [-0.2, 0) is 0 Å². The van der Waals surface area contributed by atoms with E-state index in [2.05, 4.69) is 34.6 Å². The zero-order valence-corrected chi connectivity index (χ0v) is 11.7. The third kappa shape index (κ3) is 2.51. The van der Waals surface area contributed by atoms with Crippen LogP contribution in [0.1, 0.15) is 60.3 Å². The van der Waals surface area contributed by atoms with Crippen LogP contribution in [0, 0.1) is 23.2 Å². The summed E-state index contributed by atoms with van der Waals surface area (Å²) in [6, 6.07) is 0. The van der Waals surface area contributed by atoms with Gasteiger partial charge in [0, 0.05) is 0 Å².